The van der Waals surface area contributed by atoms with Crippen molar-refractivity contribution in [1.82, 2.24) is 0 Å². The maximum Gasteiger partial charge on any atom is 1.00 e. The zero-order valence-electron chi connectivity index (χ0n) is 44.4. The van der Waals surface area contributed by atoms with E-state index in [0.29, 0.717) is 22.7 Å². The van der Waals surface area contributed by atoms with Gasteiger partial charge in [0.1, 0.15) is 41.5 Å². The van der Waals surface area contributed by atoms with E-state index in [1.807, 2.05) is 0 Å². The average molecular weight is 1310 g/mol. The van der Waals surface area contributed by atoms with E-state index in [2.05, 4.69) is 40.9 Å². The van der Waals surface area contributed by atoms with Crippen molar-refractivity contribution in [1.29, 1.82) is 0 Å². The molecule has 0 radical (unpaired) electrons. The van der Waals surface area contributed by atoms with Gasteiger partial charge in [0.25, 0.3) is 20.2 Å². The van der Waals surface area contributed by atoms with E-state index in [1.165, 1.54) is 158 Å². The second kappa shape index (κ2) is 34.1. The first-order chi connectivity index (χ1) is 37.8. The molecule has 0 aliphatic rings. The molecule has 0 aliphatic heterocycles. The van der Waals surface area contributed by atoms with E-state index in [1.54, 1.807) is 0 Å². The fourth-order valence-electron chi connectivity index (χ4n) is 6.66. The molecule has 24 nitrogen and oxygen atoms in total. The Morgan fingerprint density at radius 2 is 0.488 bits per heavy atom. The molecule has 0 bridgehead atoms. The standard InChI is InChI=1S/2C26H20N4O8S2.4K/c2*31-23-11-7-19(8-12-23)27-29-21-5-3-17(25(15-21)39(33,34)35)1-2-18-4-6-22(16-26(18)40(36,37)38)30-28-20-9-13-24(32)14-10-20;;;;/h2*1-16,31-32H,(H,33,34,35)(H,36,37,38);;;;/q;;4*+1/p-4/b2*2-1+,29-27?,30-28?;;;;. The van der Waals surface area contributed by atoms with Crippen molar-refractivity contribution in [2.45, 2.75) is 19.6 Å². The van der Waals surface area contributed by atoms with E-state index in [0.717, 1.165) is 36.4 Å². The summed E-state index contributed by atoms with van der Waals surface area (Å²) in [5.41, 5.74) is 1.49. The summed E-state index contributed by atoms with van der Waals surface area (Å²) >= 11 is 0. The second-order valence-corrected chi connectivity index (χ2v) is 21.7. The summed E-state index contributed by atoms with van der Waals surface area (Å²) in [6, 6.07) is 37.2. The van der Waals surface area contributed by atoms with Gasteiger partial charge in [0, 0.05) is 0 Å². The first-order valence-corrected chi connectivity index (χ1v) is 28.0. The number of hydrogen-bond donors (Lipinski definition) is 4. The van der Waals surface area contributed by atoms with Gasteiger partial charge in [-0.2, -0.15) is 57.7 Å². The van der Waals surface area contributed by atoms with Gasteiger partial charge in [-0.15, -0.1) is 11.5 Å². The Kier molecular flexibility index (Phi) is 30.6. The van der Waals surface area contributed by atoms with Crippen LogP contribution in [0.3, 0.4) is 0 Å². The maximum atomic E-state index is 12.1. The van der Waals surface area contributed by atoms with Gasteiger partial charge < -0.3 is 29.5 Å². The third-order valence-corrected chi connectivity index (χ3v) is 14.1. The van der Waals surface area contributed by atoms with Crippen molar-refractivity contribution in [3.8, 4) is 23.0 Å². The Balaban J connectivity index is 0.000000420. The number of azo groups is 4. The minimum atomic E-state index is -5.00. The predicted molar refractivity (Wildman–Crippen MR) is 284 cm³/mol. The summed E-state index contributed by atoms with van der Waals surface area (Å²) in [4.78, 5) is -2.34. The molecule has 8 aromatic rings. The second-order valence-electron chi connectivity index (χ2n) is 16.2. The van der Waals surface area contributed by atoms with Gasteiger partial charge in [-0.25, -0.2) is 16.8 Å². The summed E-state index contributed by atoms with van der Waals surface area (Å²) in [7, 11) is -19.5. The molecular weight excluding hydrogens is 1280 g/mol. The molecule has 0 aliphatic carbocycles. The molecule has 0 amide bonds. The van der Waals surface area contributed by atoms with Gasteiger partial charge in [-0.05, 0) is 144 Å². The number of benzene rings is 8. The Morgan fingerprint density at radius 3 is 0.714 bits per heavy atom. The van der Waals surface area contributed by atoms with E-state index >= 15 is 0 Å². The zero-order chi connectivity index (χ0) is 57.8. The van der Waals surface area contributed by atoms with Crippen molar-refractivity contribution in [3.05, 3.63) is 192 Å². The molecule has 0 aromatic heterocycles. The molecule has 4 N–H and O–H groups in total. The Hall–Kier alpha value is -2.97. The first-order valence-electron chi connectivity index (χ1n) is 22.4. The number of rotatable bonds is 16. The number of nitrogens with zero attached hydrogens (tertiary/aromatic N) is 8. The van der Waals surface area contributed by atoms with Crippen LogP contribution in [0.5, 0.6) is 23.0 Å². The van der Waals surface area contributed by atoms with Crippen LogP contribution in [-0.2, 0) is 40.5 Å². The van der Waals surface area contributed by atoms with E-state index < -0.39 is 60.1 Å². The molecule has 408 valence electrons. The van der Waals surface area contributed by atoms with Crippen LogP contribution in [0, 0.1) is 0 Å². The van der Waals surface area contributed by atoms with Crippen LogP contribution in [-0.4, -0.2) is 62.1 Å². The minimum absolute atomic E-state index is 0. The van der Waals surface area contributed by atoms with Crippen LogP contribution in [0.2, 0.25) is 0 Å². The third kappa shape index (κ3) is 23.5. The van der Waals surface area contributed by atoms with Gasteiger partial charge in [0.2, 0.25) is 0 Å². The van der Waals surface area contributed by atoms with Gasteiger partial charge in [-0.1, -0.05) is 72.8 Å². The van der Waals surface area contributed by atoms with Gasteiger partial charge >= 0.3 is 206 Å². The van der Waals surface area contributed by atoms with E-state index in [4.69, 9.17) is 0 Å². The third-order valence-electron chi connectivity index (χ3n) is 10.5. The molecule has 84 heavy (non-hydrogen) atoms. The molecule has 0 saturated carbocycles. The van der Waals surface area contributed by atoms with Crippen molar-refractivity contribution in [2.24, 2.45) is 40.9 Å². The summed E-state index contributed by atoms with van der Waals surface area (Å²) in [6.45, 7) is 0. The summed E-state index contributed by atoms with van der Waals surface area (Å²) in [5.74, 6) is -0.384. The Bertz CT molecular complexity index is 3730. The molecular formula is C52H36K4N8O16S4. The van der Waals surface area contributed by atoms with Crippen LogP contribution in [0.25, 0.3) is 24.3 Å². The fourth-order valence-corrected chi connectivity index (χ4v) is 9.44. The van der Waals surface area contributed by atoms with Crippen LogP contribution in [0.4, 0.5) is 45.5 Å². The maximum absolute atomic E-state index is 12.1. The van der Waals surface area contributed by atoms with Crippen LogP contribution < -0.4 is 216 Å². The molecule has 0 saturated heterocycles. The molecule has 0 atom stereocenters. The minimum Gasteiger partial charge on any atom is -0.872 e. The molecule has 0 spiro atoms. The van der Waals surface area contributed by atoms with Gasteiger partial charge in [-0.3, -0.25) is 9.11 Å². The number of phenolic OH excluding ortho intramolecular Hbond substituents is 2. The quantitative estimate of drug-likeness (QED) is 0.0400. The van der Waals surface area contributed by atoms with Crippen LogP contribution >= 0.6 is 0 Å². The van der Waals surface area contributed by atoms with Crippen LogP contribution in [0.15, 0.2) is 230 Å². The Labute approximate surface area is 651 Å². The van der Waals surface area contributed by atoms with E-state index in [-0.39, 0.29) is 274 Å². The summed E-state index contributed by atoms with van der Waals surface area (Å²) in [6.07, 6.45) is 4.81. The first kappa shape index (κ1) is 75.3. The van der Waals surface area contributed by atoms with Crippen molar-refractivity contribution < 1.29 is 278 Å². The van der Waals surface area contributed by atoms with Gasteiger partial charge in [0.05, 0.1) is 55.3 Å². The largest absolute Gasteiger partial charge is 1.00 e. The predicted octanol–water partition coefficient (Wildman–Crippen LogP) is -0.748. The summed E-state index contributed by atoms with van der Waals surface area (Å²) in [5, 5.41) is 72.4. The van der Waals surface area contributed by atoms with Crippen molar-refractivity contribution >= 4 is 110 Å². The van der Waals surface area contributed by atoms with Crippen molar-refractivity contribution in [2.75, 3.05) is 0 Å². The molecule has 8 rings (SSSR count). The molecule has 8 aromatic carbocycles. The molecule has 0 heterocycles. The smallest absolute Gasteiger partial charge is 0.872 e. The fraction of sp³-hybridized carbons (Fsp3) is 0. The van der Waals surface area contributed by atoms with Crippen molar-refractivity contribution in [3.63, 3.8) is 0 Å². The zero-order valence-corrected chi connectivity index (χ0v) is 60.1. The van der Waals surface area contributed by atoms with E-state index in [9.17, 15) is 72.3 Å². The number of phenols is 2. The normalized spacial score (nSPS) is 12.0. The molecule has 0 fully saturated rings. The topological polar surface area (TPSA) is 409 Å². The number of hydrogen-bond acceptors (Lipinski definition) is 22. The molecule has 0 unspecified atom stereocenters. The van der Waals surface area contributed by atoms with Gasteiger partial charge in [0.15, 0.2) is 0 Å². The number of aromatic hydroxyl groups is 2. The average Bonchev–Trinajstić information content (AvgIpc) is 3.54. The van der Waals surface area contributed by atoms with Crippen LogP contribution in [0.1, 0.15) is 22.3 Å². The monoisotopic (exact) mass is 1310 g/mol. The molecule has 32 heteroatoms. The SMILES string of the molecule is O=S(=O)(O)c1cc(N=Nc2ccc(O)cc2)ccc1/C=C/c1ccc(N=Nc2ccc(O)cc2)cc1S(=O)(=O)O.O=S(=O)([O-])c1cc(N=Nc2ccc([O-])cc2)ccc1/C=C/c1ccc(N=Nc2ccc([O-])cc2)cc1S(=O)(=O)[O-].[K+].[K+].[K+].[K+]. The summed E-state index contributed by atoms with van der Waals surface area (Å²) < 4.78 is 139. The Morgan fingerprint density at radius 1 is 0.298 bits per heavy atom.